The van der Waals surface area contributed by atoms with Gasteiger partial charge < -0.3 is 10.4 Å². The van der Waals surface area contributed by atoms with Crippen molar-refractivity contribution in [2.75, 3.05) is 11.5 Å². The number of benzene rings is 1. The summed E-state index contributed by atoms with van der Waals surface area (Å²) in [6, 6.07) is 8.32. The van der Waals surface area contributed by atoms with Crippen LogP contribution >= 0.6 is 11.8 Å². The van der Waals surface area contributed by atoms with Crippen LogP contribution in [0.4, 0.5) is 0 Å². The lowest BCUT2D eigenvalue weighted by atomic mass is 9.93. The molecule has 2 N–H and O–H groups in total. The van der Waals surface area contributed by atoms with Gasteiger partial charge in [0, 0.05) is 12.2 Å². The van der Waals surface area contributed by atoms with Crippen molar-refractivity contribution in [3.63, 3.8) is 0 Å². The van der Waals surface area contributed by atoms with Crippen LogP contribution in [-0.4, -0.2) is 34.0 Å². The molecule has 1 aromatic rings. The zero-order valence-electron chi connectivity index (χ0n) is 14.0. The molecule has 2 unspecified atom stereocenters. The Morgan fingerprint density at radius 1 is 1.22 bits per heavy atom. The number of carbonyl (C=O) groups is 2. The lowest BCUT2D eigenvalue weighted by molar-refractivity contribution is -0.146. The van der Waals surface area contributed by atoms with Gasteiger partial charge in [-0.1, -0.05) is 45.0 Å². The molecule has 1 heterocycles. The largest absolute Gasteiger partial charge is 0.479 e. The van der Waals surface area contributed by atoms with E-state index in [2.05, 4.69) is 43.4 Å². The van der Waals surface area contributed by atoms with Crippen molar-refractivity contribution >= 4 is 23.6 Å². The minimum absolute atomic E-state index is 0.0658. The van der Waals surface area contributed by atoms with Crippen molar-refractivity contribution in [3.05, 3.63) is 35.4 Å². The minimum Gasteiger partial charge on any atom is -0.479 e. The Labute approximate surface area is 142 Å². The Hall–Kier alpha value is -1.49. The molecule has 1 aliphatic heterocycles. The van der Waals surface area contributed by atoms with Crippen molar-refractivity contribution in [1.82, 2.24) is 5.32 Å². The Morgan fingerprint density at radius 2 is 1.83 bits per heavy atom. The summed E-state index contributed by atoms with van der Waals surface area (Å²) in [5, 5.41) is 12.2. The van der Waals surface area contributed by atoms with E-state index in [0.717, 1.165) is 11.3 Å². The summed E-state index contributed by atoms with van der Waals surface area (Å²) in [5.74, 6) is 0.666. The summed E-state index contributed by atoms with van der Waals surface area (Å²) < 4.78 is 0. The summed E-state index contributed by atoms with van der Waals surface area (Å²) in [5.41, 5.74) is 1.30. The zero-order valence-corrected chi connectivity index (χ0v) is 14.8. The van der Waals surface area contributed by atoms with E-state index in [0.29, 0.717) is 24.5 Å². The van der Waals surface area contributed by atoms with Crippen LogP contribution in [0, 0.1) is 0 Å². The van der Waals surface area contributed by atoms with Gasteiger partial charge in [0.1, 0.15) is 5.54 Å². The van der Waals surface area contributed by atoms with Crippen molar-refractivity contribution < 1.29 is 14.7 Å². The molecule has 5 heteroatoms. The lowest BCUT2D eigenvalue weighted by Gasteiger charge is -2.25. The van der Waals surface area contributed by atoms with E-state index in [1.165, 1.54) is 5.56 Å². The second-order valence-electron chi connectivity index (χ2n) is 6.66. The molecule has 126 valence electrons. The van der Waals surface area contributed by atoms with Crippen molar-refractivity contribution in [3.8, 4) is 0 Å². The van der Waals surface area contributed by atoms with Crippen molar-refractivity contribution in [2.24, 2.45) is 0 Å². The van der Waals surface area contributed by atoms with Gasteiger partial charge in [-0.2, -0.15) is 11.8 Å². The highest BCUT2D eigenvalue weighted by Crippen LogP contribution is 2.29. The first kappa shape index (κ1) is 17.9. The smallest absolute Gasteiger partial charge is 0.330 e. The van der Waals surface area contributed by atoms with Crippen LogP contribution in [-0.2, 0) is 9.59 Å². The molecule has 2 rings (SSSR count). The fourth-order valence-electron chi connectivity index (χ4n) is 2.81. The molecule has 0 aromatic heterocycles. The third kappa shape index (κ3) is 4.28. The van der Waals surface area contributed by atoms with E-state index in [1.54, 1.807) is 11.8 Å². The Kier molecular flexibility index (Phi) is 5.74. The Bertz CT molecular complexity index is 562. The van der Waals surface area contributed by atoms with E-state index in [1.807, 2.05) is 6.92 Å². The predicted molar refractivity (Wildman–Crippen MR) is 94.0 cm³/mol. The lowest BCUT2D eigenvalue weighted by Crippen LogP contribution is -2.54. The summed E-state index contributed by atoms with van der Waals surface area (Å²) in [6.07, 6.45) is 0.803. The fraction of sp³-hybridized carbons (Fsp3) is 0.556. The number of aliphatic carboxylic acids is 1. The molecular formula is C18H25NO3S. The molecule has 2 atom stereocenters. The molecule has 1 fully saturated rings. The van der Waals surface area contributed by atoms with Gasteiger partial charge in [0.2, 0.25) is 5.91 Å². The first-order valence-corrected chi connectivity index (χ1v) is 9.21. The molecule has 0 spiro atoms. The summed E-state index contributed by atoms with van der Waals surface area (Å²) >= 11 is 1.58. The average molecular weight is 335 g/mol. The maximum Gasteiger partial charge on any atom is 0.330 e. The standard InChI is InChI=1S/C18H25NO3S/c1-12(2)14-4-6-15(7-5-14)13(3)10-16(20)19-18(17(21)22)8-9-23-11-18/h4-7,12-13H,8-11H2,1-3H3,(H,19,20)(H,21,22). The number of hydrogen-bond donors (Lipinski definition) is 2. The molecule has 0 aliphatic carbocycles. The van der Waals surface area contributed by atoms with E-state index in [9.17, 15) is 14.7 Å². The number of nitrogens with one attached hydrogen (secondary N) is 1. The van der Waals surface area contributed by atoms with Gasteiger partial charge in [0.15, 0.2) is 0 Å². The van der Waals surface area contributed by atoms with Crippen molar-refractivity contribution in [1.29, 1.82) is 0 Å². The molecule has 1 saturated heterocycles. The second kappa shape index (κ2) is 7.39. The topological polar surface area (TPSA) is 66.4 Å². The maximum atomic E-state index is 12.3. The van der Waals surface area contributed by atoms with Crippen LogP contribution in [0.5, 0.6) is 0 Å². The van der Waals surface area contributed by atoms with Crippen LogP contribution in [0.25, 0.3) is 0 Å². The Balaban J connectivity index is 1.97. The van der Waals surface area contributed by atoms with E-state index >= 15 is 0 Å². The highest BCUT2D eigenvalue weighted by atomic mass is 32.2. The molecule has 1 amide bonds. The van der Waals surface area contributed by atoms with Crippen molar-refractivity contribution in [2.45, 2.75) is 51.0 Å². The zero-order chi connectivity index (χ0) is 17.0. The number of hydrogen-bond acceptors (Lipinski definition) is 3. The predicted octanol–water partition coefficient (Wildman–Crippen LogP) is 3.38. The number of carboxylic acid groups (broad SMARTS) is 1. The number of carbonyl (C=O) groups excluding carboxylic acids is 1. The van der Waals surface area contributed by atoms with Gasteiger partial charge in [-0.3, -0.25) is 4.79 Å². The van der Waals surface area contributed by atoms with Gasteiger partial charge in [-0.25, -0.2) is 4.79 Å². The van der Waals surface area contributed by atoms with Crippen LogP contribution in [0.2, 0.25) is 0 Å². The fourth-order valence-corrected chi connectivity index (χ4v) is 4.13. The minimum atomic E-state index is -1.08. The molecule has 1 aliphatic rings. The summed E-state index contributed by atoms with van der Waals surface area (Å²) in [4.78, 5) is 23.8. The molecule has 1 aromatic carbocycles. The third-order valence-electron chi connectivity index (χ3n) is 4.47. The molecule has 4 nitrogen and oxygen atoms in total. The molecular weight excluding hydrogens is 310 g/mol. The average Bonchev–Trinajstić information content (AvgIpc) is 2.97. The van der Waals surface area contributed by atoms with E-state index < -0.39 is 11.5 Å². The van der Waals surface area contributed by atoms with Gasteiger partial charge in [0.25, 0.3) is 0 Å². The monoisotopic (exact) mass is 335 g/mol. The van der Waals surface area contributed by atoms with Crippen LogP contribution in [0.15, 0.2) is 24.3 Å². The first-order chi connectivity index (χ1) is 10.8. The van der Waals surface area contributed by atoms with E-state index in [-0.39, 0.29) is 11.8 Å². The second-order valence-corrected chi connectivity index (χ2v) is 7.77. The first-order valence-electron chi connectivity index (χ1n) is 8.06. The molecule has 0 bridgehead atoms. The highest BCUT2D eigenvalue weighted by molar-refractivity contribution is 7.99. The SMILES string of the molecule is CC(C)c1ccc(C(C)CC(=O)NC2(C(=O)O)CCSC2)cc1. The summed E-state index contributed by atoms with van der Waals surface area (Å²) in [6.45, 7) is 6.30. The number of rotatable bonds is 6. The number of amides is 1. The van der Waals surface area contributed by atoms with Crippen LogP contribution < -0.4 is 5.32 Å². The molecule has 0 radical (unpaired) electrons. The van der Waals surface area contributed by atoms with Gasteiger partial charge in [-0.15, -0.1) is 0 Å². The quantitative estimate of drug-likeness (QED) is 0.836. The number of thioether (sulfide) groups is 1. The van der Waals surface area contributed by atoms with Crippen LogP contribution in [0.1, 0.15) is 56.6 Å². The molecule has 0 saturated carbocycles. The highest BCUT2D eigenvalue weighted by Gasteiger charge is 2.43. The maximum absolute atomic E-state index is 12.3. The summed E-state index contributed by atoms with van der Waals surface area (Å²) in [7, 11) is 0. The number of carboxylic acids is 1. The third-order valence-corrected chi connectivity index (χ3v) is 5.66. The molecule has 23 heavy (non-hydrogen) atoms. The normalized spacial score (nSPS) is 22.1. The van der Waals surface area contributed by atoms with Gasteiger partial charge in [-0.05, 0) is 35.1 Å². The van der Waals surface area contributed by atoms with Gasteiger partial charge >= 0.3 is 5.97 Å². The van der Waals surface area contributed by atoms with E-state index in [4.69, 9.17) is 0 Å². The van der Waals surface area contributed by atoms with Crippen LogP contribution in [0.3, 0.4) is 0 Å². The Morgan fingerprint density at radius 3 is 2.30 bits per heavy atom. The van der Waals surface area contributed by atoms with Gasteiger partial charge in [0.05, 0.1) is 0 Å².